The number of anilines is 1. The van der Waals surface area contributed by atoms with Gasteiger partial charge in [-0.25, -0.2) is 9.97 Å². The van der Waals surface area contributed by atoms with Gasteiger partial charge in [0, 0.05) is 31.2 Å². The Kier molecular flexibility index (Phi) is 3.26. The Bertz CT molecular complexity index is 1120. The molecule has 0 radical (unpaired) electrons. The van der Waals surface area contributed by atoms with E-state index < -0.39 is 11.9 Å². The molecule has 0 aliphatic heterocycles. The number of ether oxygens (including phenoxy) is 1. The van der Waals surface area contributed by atoms with Crippen molar-refractivity contribution in [1.29, 1.82) is 0 Å². The van der Waals surface area contributed by atoms with Gasteiger partial charge in [0.15, 0.2) is 17.3 Å². The van der Waals surface area contributed by atoms with Gasteiger partial charge in [0.25, 0.3) is 0 Å². The van der Waals surface area contributed by atoms with Crippen molar-refractivity contribution in [2.75, 3.05) is 25.6 Å². The van der Waals surface area contributed by atoms with Crippen molar-refractivity contribution in [2.24, 2.45) is 40.9 Å². The first-order chi connectivity index (χ1) is 15.1. The van der Waals surface area contributed by atoms with E-state index in [0.717, 1.165) is 6.54 Å². The zero-order valence-electron chi connectivity index (χ0n) is 18.1. The van der Waals surface area contributed by atoms with Crippen LogP contribution in [0.5, 0.6) is 5.75 Å². The van der Waals surface area contributed by atoms with Crippen LogP contribution in [0.3, 0.4) is 0 Å². The number of imidazole rings is 1. The highest BCUT2D eigenvalue weighted by molar-refractivity contribution is 6.28. The number of aromatic nitrogens is 4. The first kappa shape index (κ1) is 19.4. The molecule has 6 fully saturated rings. The Hall–Kier alpha value is -2.03. The molecule has 0 amide bonds. The minimum atomic E-state index is -4.41. The van der Waals surface area contributed by atoms with Crippen molar-refractivity contribution in [3.8, 4) is 5.75 Å². The summed E-state index contributed by atoms with van der Waals surface area (Å²) in [5.41, 5.74) is -0.595. The van der Waals surface area contributed by atoms with Gasteiger partial charge in [-0.15, -0.1) is 0 Å². The highest BCUT2D eigenvalue weighted by Gasteiger charge is 3.10. The van der Waals surface area contributed by atoms with Crippen molar-refractivity contribution in [1.82, 2.24) is 19.5 Å². The minimum absolute atomic E-state index is 0.0377. The summed E-state index contributed by atoms with van der Waals surface area (Å²) in [6, 6.07) is -0.0377. The summed E-state index contributed by atoms with van der Waals surface area (Å²) in [6.07, 6.45) is -1.61. The SMILES string of the molecule is COc1cnc(Cl)nc1N(C)CC12C3C4C1C1C2C3C41c1nc(C(F)(F)F)cn1C(C)C. The Morgan fingerprint density at radius 3 is 2.31 bits per heavy atom. The fourth-order valence-electron chi connectivity index (χ4n) is 9.00. The van der Waals surface area contributed by atoms with Gasteiger partial charge >= 0.3 is 6.18 Å². The van der Waals surface area contributed by atoms with E-state index in [1.807, 2.05) is 20.9 Å². The van der Waals surface area contributed by atoms with Crippen LogP contribution in [0.1, 0.15) is 31.4 Å². The first-order valence-corrected chi connectivity index (χ1v) is 11.4. The fraction of sp³-hybridized carbons (Fsp3) is 0.682. The van der Waals surface area contributed by atoms with Crippen LogP contribution < -0.4 is 9.64 Å². The third-order valence-corrected chi connectivity index (χ3v) is 9.79. The van der Waals surface area contributed by atoms with E-state index in [2.05, 4.69) is 19.9 Å². The van der Waals surface area contributed by atoms with Crippen LogP contribution in [-0.2, 0) is 11.6 Å². The molecule has 0 atom stereocenters. The number of hydrogen-bond acceptors (Lipinski definition) is 5. The highest BCUT2D eigenvalue weighted by Crippen LogP contribution is 3.09. The summed E-state index contributed by atoms with van der Waals surface area (Å²) in [5, 5.41) is 0.182. The average molecular weight is 466 g/mol. The maximum atomic E-state index is 13.4. The normalized spacial score (nSPS) is 41.2. The Balaban J connectivity index is 1.17. The lowest BCUT2D eigenvalue weighted by atomic mass is 8.92. The van der Waals surface area contributed by atoms with Crippen LogP contribution in [0.2, 0.25) is 5.28 Å². The smallest absolute Gasteiger partial charge is 0.434 e. The van der Waals surface area contributed by atoms with E-state index in [9.17, 15) is 13.2 Å². The lowest BCUT2D eigenvalue weighted by Gasteiger charge is -3.11. The molecule has 32 heavy (non-hydrogen) atoms. The number of alkyl halides is 3. The number of hydrogen-bond donors (Lipinski definition) is 0. The Morgan fingerprint density at radius 1 is 1.16 bits per heavy atom. The molecule has 0 aromatic carbocycles. The molecular weight excluding hydrogens is 443 g/mol. The van der Waals surface area contributed by atoms with Crippen molar-refractivity contribution >= 4 is 17.4 Å². The van der Waals surface area contributed by atoms with Gasteiger partial charge < -0.3 is 14.2 Å². The molecule has 6 saturated carbocycles. The lowest BCUT2D eigenvalue weighted by molar-refractivity contribution is -0.627. The molecule has 6 aliphatic carbocycles. The van der Waals surface area contributed by atoms with Crippen LogP contribution in [-0.4, -0.2) is 40.2 Å². The molecule has 2 heterocycles. The van der Waals surface area contributed by atoms with Crippen molar-refractivity contribution in [2.45, 2.75) is 31.5 Å². The summed E-state index contributed by atoms with van der Waals surface area (Å²) in [6.45, 7) is 4.73. The second kappa shape index (κ2) is 5.37. The highest BCUT2D eigenvalue weighted by atomic mass is 35.5. The molecule has 6 aliphatic rings. The van der Waals surface area contributed by atoms with E-state index >= 15 is 0 Å². The van der Waals surface area contributed by atoms with Crippen LogP contribution >= 0.6 is 11.6 Å². The van der Waals surface area contributed by atoms with Crippen molar-refractivity contribution < 1.29 is 17.9 Å². The predicted octanol–water partition coefficient (Wildman–Crippen LogP) is 4.06. The fourth-order valence-corrected chi connectivity index (χ4v) is 9.13. The molecule has 0 unspecified atom stereocenters. The van der Waals surface area contributed by atoms with Gasteiger partial charge in [0.1, 0.15) is 5.82 Å². The molecule has 0 N–H and O–H groups in total. The molecule has 10 heteroatoms. The van der Waals surface area contributed by atoms with E-state index in [1.165, 1.54) is 6.20 Å². The second-order valence-electron chi connectivity index (χ2n) is 10.5. The zero-order chi connectivity index (χ0) is 22.5. The van der Waals surface area contributed by atoms with Crippen LogP contribution in [0.4, 0.5) is 19.0 Å². The van der Waals surface area contributed by atoms with Gasteiger partial charge in [0.2, 0.25) is 5.28 Å². The molecular formula is C22H23ClF3N5O. The molecule has 0 saturated heterocycles. The topological polar surface area (TPSA) is 56.1 Å². The van der Waals surface area contributed by atoms with Gasteiger partial charge in [-0.1, -0.05) is 0 Å². The average Bonchev–Trinajstić information content (AvgIpc) is 3.20. The standard InChI is InChI=1S/C22H23ClF3N5O/c1-8(2)31-6-10(22(24,25)26)28-18(31)21-14-11-15(21)13-16(21)12(14)20(11,13)7-30(3)17-9(32-4)5-27-19(23)29-17/h5-6,8,11-16H,7H2,1-4H3. The zero-order valence-corrected chi connectivity index (χ0v) is 18.8. The molecule has 6 nitrogen and oxygen atoms in total. The van der Waals surface area contributed by atoms with Gasteiger partial charge in [-0.2, -0.15) is 18.2 Å². The Labute approximate surface area is 188 Å². The second-order valence-corrected chi connectivity index (χ2v) is 10.9. The van der Waals surface area contributed by atoms with E-state index in [-0.39, 0.29) is 22.2 Å². The van der Waals surface area contributed by atoms with Crippen LogP contribution in [0, 0.1) is 40.9 Å². The summed E-state index contributed by atoms with van der Waals surface area (Å²) in [7, 11) is 3.59. The van der Waals surface area contributed by atoms with Crippen LogP contribution in [0.15, 0.2) is 12.4 Å². The van der Waals surface area contributed by atoms with E-state index in [0.29, 0.717) is 52.9 Å². The van der Waals surface area contributed by atoms with E-state index in [4.69, 9.17) is 16.3 Å². The van der Waals surface area contributed by atoms with Gasteiger partial charge in [0.05, 0.1) is 13.3 Å². The third-order valence-electron chi connectivity index (χ3n) is 9.60. The molecule has 0 spiro atoms. The monoisotopic (exact) mass is 465 g/mol. The number of methoxy groups -OCH3 is 1. The molecule has 8 rings (SSSR count). The summed E-state index contributed by atoms with van der Waals surface area (Å²) < 4.78 is 47.4. The Morgan fingerprint density at radius 2 is 1.78 bits per heavy atom. The predicted molar refractivity (Wildman–Crippen MR) is 110 cm³/mol. The first-order valence-electron chi connectivity index (χ1n) is 11.0. The summed E-state index contributed by atoms with van der Waals surface area (Å²) in [5.74, 6) is 5.15. The molecule has 2 aromatic rings. The largest absolute Gasteiger partial charge is 0.491 e. The number of nitrogens with zero attached hydrogens (tertiary/aromatic N) is 5. The van der Waals surface area contributed by atoms with Crippen molar-refractivity contribution in [3.63, 3.8) is 0 Å². The maximum Gasteiger partial charge on any atom is 0.434 e. The lowest BCUT2D eigenvalue weighted by Crippen LogP contribution is -3.12. The number of halogens is 4. The molecule has 170 valence electrons. The maximum absolute atomic E-state index is 13.4. The number of rotatable bonds is 6. The van der Waals surface area contributed by atoms with Crippen LogP contribution in [0.25, 0.3) is 0 Å². The van der Waals surface area contributed by atoms with Gasteiger partial charge in [-0.05, 0) is 66.4 Å². The third kappa shape index (κ3) is 1.68. The quantitative estimate of drug-likeness (QED) is 0.602. The van der Waals surface area contributed by atoms with Gasteiger partial charge in [-0.3, -0.25) is 0 Å². The molecule has 0 bridgehead atoms. The summed E-state index contributed by atoms with van der Waals surface area (Å²) in [4.78, 5) is 14.7. The van der Waals surface area contributed by atoms with E-state index in [1.54, 1.807) is 17.9 Å². The van der Waals surface area contributed by atoms with Crippen molar-refractivity contribution in [3.05, 3.63) is 29.2 Å². The summed E-state index contributed by atoms with van der Waals surface area (Å²) >= 11 is 6.02. The minimum Gasteiger partial charge on any atom is -0.491 e. The molecule has 2 aromatic heterocycles.